The van der Waals surface area contributed by atoms with Crippen molar-refractivity contribution in [3.05, 3.63) is 332 Å². The molecular formula is C110H123N15O10S5. The highest BCUT2D eigenvalue weighted by Gasteiger charge is 2.46. The van der Waals surface area contributed by atoms with Crippen molar-refractivity contribution in [1.29, 1.82) is 5.26 Å². The molecule has 13 heterocycles. The molecular weight excluding hydrogens is 1850 g/mol. The molecule has 8 fully saturated rings. The van der Waals surface area contributed by atoms with Crippen LogP contribution in [0.2, 0.25) is 0 Å². The van der Waals surface area contributed by atoms with E-state index in [-0.39, 0.29) is 30.5 Å². The third kappa shape index (κ3) is 24.4. The maximum absolute atomic E-state index is 13.5. The highest BCUT2D eigenvalue weighted by Crippen LogP contribution is 2.48. The number of nitrogens with zero attached hydrogens (tertiary/aromatic N) is 15. The van der Waals surface area contributed by atoms with Gasteiger partial charge in [-0.15, -0.1) is 0 Å². The Hall–Kier alpha value is -11.5. The van der Waals surface area contributed by atoms with E-state index in [0.717, 1.165) is 118 Å². The lowest BCUT2D eigenvalue weighted by molar-refractivity contribution is 0.0322. The van der Waals surface area contributed by atoms with Crippen molar-refractivity contribution < 1.29 is 42.1 Å². The Bertz CT molecular complexity index is 6700. The van der Waals surface area contributed by atoms with Gasteiger partial charge in [0.25, 0.3) is 50.1 Å². The van der Waals surface area contributed by atoms with Crippen LogP contribution in [0, 0.1) is 22.7 Å². The average Bonchev–Trinajstić information content (AvgIpc) is 0.809. The van der Waals surface area contributed by atoms with Crippen LogP contribution in [0.5, 0.6) is 0 Å². The van der Waals surface area contributed by atoms with Gasteiger partial charge in [0.15, 0.2) is 25.1 Å². The van der Waals surface area contributed by atoms with E-state index in [9.17, 15) is 42.1 Å². The smallest absolute Gasteiger partial charge is 0.260 e. The molecule has 1 saturated carbocycles. The van der Waals surface area contributed by atoms with Gasteiger partial charge >= 0.3 is 0 Å². The van der Waals surface area contributed by atoms with E-state index in [2.05, 4.69) is 70.2 Å². The second-order valence-corrected chi connectivity index (χ2v) is 46.8. The first-order chi connectivity index (χ1) is 68.1. The number of nitriles is 1. The maximum atomic E-state index is 13.5. The topological polar surface area (TPSA) is 299 Å². The molecule has 8 aliphatic rings. The van der Waals surface area contributed by atoms with Crippen molar-refractivity contribution in [1.82, 2.24) is 66.0 Å². The fraction of sp³-hybridized carbons (Fsp3) is 0.355. The van der Waals surface area contributed by atoms with E-state index in [4.69, 9.17) is 5.26 Å². The van der Waals surface area contributed by atoms with Gasteiger partial charge < -0.3 is 4.90 Å². The summed E-state index contributed by atoms with van der Waals surface area (Å²) in [6.45, 7) is 10.8. The van der Waals surface area contributed by atoms with Crippen LogP contribution in [0.4, 0.5) is 0 Å². The molecule has 21 rings (SSSR count). The van der Waals surface area contributed by atoms with Gasteiger partial charge in [-0.05, 0) is 229 Å². The quantitative estimate of drug-likeness (QED) is 0.0609. The number of pyridine rings is 5. The molecule has 30 heteroatoms. The first-order valence-electron chi connectivity index (χ1n) is 49.2. The Morgan fingerprint density at radius 2 is 0.593 bits per heavy atom. The summed E-state index contributed by atoms with van der Waals surface area (Å²) in [5.74, 6) is 1.47. The average molecular weight is 1980 g/mol. The Kier molecular flexibility index (Phi) is 33.2. The molecule has 0 amide bonds. The summed E-state index contributed by atoms with van der Waals surface area (Å²) in [6.07, 6.45) is 23.1. The number of hydrogen-bond donors (Lipinski definition) is 0. The van der Waals surface area contributed by atoms with Crippen LogP contribution < -0.4 is 0 Å². The Balaban J connectivity index is 0.000000121. The normalized spacial score (nSPS) is 18.9. The summed E-state index contributed by atoms with van der Waals surface area (Å²) in [5.41, 5.74) is 11.0. The van der Waals surface area contributed by atoms with Gasteiger partial charge in [0.05, 0.1) is 40.1 Å². The Morgan fingerprint density at radius 1 is 0.286 bits per heavy atom. The number of aromatic nitrogens is 7. The molecule has 7 aliphatic heterocycles. The van der Waals surface area contributed by atoms with Crippen molar-refractivity contribution >= 4 is 50.1 Å². The second-order valence-electron chi connectivity index (χ2n) is 37.4. The fourth-order valence-electron chi connectivity index (χ4n) is 20.7. The predicted molar refractivity (Wildman–Crippen MR) is 547 cm³/mol. The third-order valence-corrected chi connectivity index (χ3v) is 37.7. The summed E-state index contributed by atoms with van der Waals surface area (Å²) in [7, 11) is -17.9. The number of sulfonamides is 5. The minimum absolute atomic E-state index is 0.0867. The molecule has 1 aliphatic carbocycles. The van der Waals surface area contributed by atoms with Gasteiger partial charge in [0.1, 0.15) is 0 Å². The zero-order valence-corrected chi connectivity index (χ0v) is 83.2. The highest BCUT2D eigenvalue weighted by molar-refractivity contribution is 7.90. The zero-order valence-electron chi connectivity index (χ0n) is 79.1. The largest absolute Gasteiger partial charge is 0.300 e. The van der Waals surface area contributed by atoms with E-state index < -0.39 is 50.1 Å². The van der Waals surface area contributed by atoms with E-state index in [0.29, 0.717) is 129 Å². The number of piperidine rings is 5. The molecule has 728 valence electrons. The first kappa shape index (κ1) is 100. The number of hydrogen-bond acceptors (Lipinski definition) is 19. The Morgan fingerprint density at radius 3 is 0.936 bits per heavy atom. The highest BCUT2D eigenvalue weighted by atomic mass is 32.2. The van der Waals surface area contributed by atoms with Crippen LogP contribution in [0.3, 0.4) is 0 Å². The van der Waals surface area contributed by atoms with Gasteiger partial charge in [-0.1, -0.05) is 250 Å². The maximum Gasteiger partial charge on any atom is 0.260 e. The third-order valence-electron chi connectivity index (χ3n) is 28.8. The van der Waals surface area contributed by atoms with E-state index >= 15 is 0 Å². The van der Waals surface area contributed by atoms with Crippen LogP contribution in [-0.2, 0) is 56.7 Å². The summed E-state index contributed by atoms with van der Waals surface area (Å²) >= 11 is 0. The monoisotopic (exact) mass is 1970 g/mol. The van der Waals surface area contributed by atoms with Crippen LogP contribution in [0.25, 0.3) is 56.3 Å². The molecule has 1 unspecified atom stereocenters. The van der Waals surface area contributed by atoms with E-state index in [1.165, 1.54) is 68.9 Å². The van der Waals surface area contributed by atoms with E-state index in [1.807, 2.05) is 205 Å². The first-order valence-corrected chi connectivity index (χ1v) is 56.4. The van der Waals surface area contributed by atoms with Gasteiger partial charge in [-0.25, -0.2) is 67.0 Å². The van der Waals surface area contributed by atoms with Crippen LogP contribution in [0.1, 0.15) is 144 Å². The predicted octanol–water partition coefficient (Wildman–Crippen LogP) is 19.1. The minimum atomic E-state index is -3.64. The lowest BCUT2D eigenvalue weighted by Crippen LogP contribution is -2.48. The molecule has 1 atom stereocenters. The molecule has 7 aromatic carbocycles. The summed E-state index contributed by atoms with van der Waals surface area (Å²) in [4.78, 5) is 27.2. The SMILES string of the molecule is N#Cc1ccc(-c2cccc(S(=O)(=O)N3CCC(N4CCC4)C3)n2)cc1.O=S(=O)(c1cccc(-c2ccccc2)n1)N1CCC(Cn2cccn2)(C2CCCCC2)CC1.O=S(=O)(c1cccc(-c2ccccc2)n1)N1CCC(N2CCCCC2)CC1.O=S(=O)(c1cccc(-c2ccccc2)n1)N1CCC(c2ccccc2)CC1.O=S(=O)(c1cccc(-c2ccccc2)n1)N1CCC(c2ccccc2)CC1. The molecule has 7 saturated heterocycles. The summed E-state index contributed by atoms with van der Waals surface area (Å²) in [6, 6.07) is 97.2. The molecule has 0 bridgehead atoms. The van der Waals surface area contributed by atoms with Crippen molar-refractivity contribution in [3.8, 4) is 62.4 Å². The molecule has 0 spiro atoms. The van der Waals surface area contributed by atoms with Gasteiger partial charge in [-0.2, -0.15) is 31.9 Å². The lowest BCUT2D eigenvalue weighted by Gasteiger charge is -2.47. The van der Waals surface area contributed by atoms with Crippen LogP contribution in [0.15, 0.2) is 341 Å². The van der Waals surface area contributed by atoms with Crippen molar-refractivity contribution in [3.63, 3.8) is 0 Å². The van der Waals surface area contributed by atoms with Crippen LogP contribution >= 0.6 is 0 Å². The molecule has 13 aromatic rings. The minimum Gasteiger partial charge on any atom is -0.300 e. The molecule has 25 nitrogen and oxygen atoms in total. The molecule has 0 radical (unpaired) electrons. The number of likely N-dealkylation sites (tertiary alicyclic amines) is 2. The molecule has 6 aromatic heterocycles. The van der Waals surface area contributed by atoms with Crippen molar-refractivity contribution in [2.45, 2.75) is 171 Å². The van der Waals surface area contributed by atoms with Crippen molar-refractivity contribution in [2.24, 2.45) is 11.3 Å². The lowest BCUT2D eigenvalue weighted by atomic mass is 9.64. The van der Waals surface area contributed by atoms with Crippen LogP contribution in [-0.4, -0.2) is 212 Å². The number of rotatable bonds is 22. The van der Waals surface area contributed by atoms with Crippen molar-refractivity contribution in [2.75, 3.05) is 91.6 Å². The van der Waals surface area contributed by atoms with Gasteiger partial charge in [0, 0.05) is 124 Å². The van der Waals surface area contributed by atoms with Gasteiger partial charge in [-0.3, -0.25) is 9.58 Å². The fourth-order valence-corrected chi connectivity index (χ4v) is 27.8. The summed E-state index contributed by atoms with van der Waals surface area (Å²) < 4.78 is 142. The number of benzene rings is 7. The van der Waals surface area contributed by atoms with Gasteiger partial charge in [0.2, 0.25) is 0 Å². The standard InChI is InChI=1S/C26H32N4O2S.2C22H22N2O2S.C21H27N3O2S.C19H20N4O2S/c31-33(32,25-14-7-13-24(28-25)22-9-3-1-4-10-22)30-19-15-26(16-20-30,21-29-18-8-17-27-29)23-11-5-2-6-12-23;2*25-27(26,22-13-7-12-21(23-22)20-10-5-2-6-11-20)24-16-14-19(15-17-24)18-8-3-1-4-9-18;25-27(26,21-11-7-10-20(22-21)18-8-3-1-4-9-18)24-16-12-19(13-17-24)23-14-5-2-6-15-23;20-13-15-5-7-16(8-6-15)18-3-1-4-19(21-18)26(24,25)23-12-9-17(14-23)22-10-2-11-22/h1,3-4,7-10,13-14,17-18,23H,2,5-6,11-12,15-16,19-21H2;2*1-13,19H,14-17H2;1,3-4,7-11,19H,2,5-6,12-17H2;1,3-8,17H,2,9-12,14H2. The van der Waals surface area contributed by atoms with E-state index in [1.54, 1.807) is 113 Å². The second kappa shape index (κ2) is 46.5. The molecule has 140 heavy (non-hydrogen) atoms. The zero-order chi connectivity index (χ0) is 97.0. The Labute approximate surface area is 826 Å². The summed E-state index contributed by atoms with van der Waals surface area (Å²) in [5, 5.41) is 14.0. The molecule has 0 N–H and O–H groups in total.